The van der Waals surface area contributed by atoms with Crippen molar-refractivity contribution in [2.75, 3.05) is 18.1 Å². The second-order valence-electron chi connectivity index (χ2n) is 7.28. The third-order valence-electron chi connectivity index (χ3n) is 5.15. The lowest BCUT2D eigenvalue weighted by Gasteiger charge is -2.29. The molecule has 1 aliphatic rings. The van der Waals surface area contributed by atoms with Gasteiger partial charge in [-0.1, -0.05) is 18.2 Å². The maximum atomic E-state index is 12.6. The van der Waals surface area contributed by atoms with Crippen molar-refractivity contribution in [1.29, 1.82) is 0 Å². The Morgan fingerprint density at radius 2 is 1.81 bits per heavy atom. The van der Waals surface area contributed by atoms with Crippen LogP contribution in [0.25, 0.3) is 0 Å². The summed E-state index contributed by atoms with van der Waals surface area (Å²) in [6, 6.07) is 16.3. The Morgan fingerprint density at radius 1 is 1.03 bits per heavy atom. The van der Waals surface area contributed by atoms with E-state index in [9.17, 15) is 18.0 Å². The fourth-order valence-electron chi connectivity index (χ4n) is 3.51. The molecule has 1 N–H and O–H groups in total. The van der Waals surface area contributed by atoms with Gasteiger partial charge in [0.1, 0.15) is 5.76 Å². The van der Waals surface area contributed by atoms with Crippen LogP contribution in [-0.2, 0) is 32.5 Å². The van der Waals surface area contributed by atoms with Crippen molar-refractivity contribution in [3.8, 4) is 0 Å². The van der Waals surface area contributed by atoms with Gasteiger partial charge >= 0.3 is 5.97 Å². The van der Waals surface area contributed by atoms with Crippen LogP contribution in [0, 0.1) is 0 Å². The number of rotatable bonds is 7. The predicted octanol–water partition coefficient (Wildman–Crippen LogP) is 2.89. The number of amides is 1. The molecular weight excluding hydrogens is 432 g/mol. The number of hydrogen-bond donors (Lipinski definition) is 1. The maximum absolute atomic E-state index is 12.6. The molecule has 0 atom stereocenters. The number of ether oxygens (including phenoxy) is 1. The fraction of sp³-hybridized carbons (Fsp3) is 0.217. The van der Waals surface area contributed by atoms with Crippen molar-refractivity contribution in [1.82, 2.24) is 4.72 Å². The Morgan fingerprint density at radius 3 is 2.56 bits per heavy atom. The smallest absolute Gasteiger partial charge is 0.338 e. The molecule has 0 bridgehead atoms. The summed E-state index contributed by atoms with van der Waals surface area (Å²) in [5.41, 5.74) is 2.09. The van der Waals surface area contributed by atoms with E-state index >= 15 is 0 Å². The van der Waals surface area contributed by atoms with Gasteiger partial charge in [0.15, 0.2) is 6.61 Å². The summed E-state index contributed by atoms with van der Waals surface area (Å²) in [7, 11) is -3.77. The number of sulfonamides is 1. The molecule has 32 heavy (non-hydrogen) atoms. The van der Waals surface area contributed by atoms with Crippen LogP contribution in [0.4, 0.5) is 5.69 Å². The number of esters is 1. The molecule has 9 heteroatoms. The van der Waals surface area contributed by atoms with E-state index in [2.05, 4.69) is 4.72 Å². The largest absolute Gasteiger partial charge is 0.468 e. The first-order chi connectivity index (χ1) is 15.4. The van der Waals surface area contributed by atoms with Gasteiger partial charge in [0.2, 0.25) is 10.0 Å². The van der Waals surface area contributed by atoms with E-state index in [0.29, 0.717) is 12.3 Å². The van der Waals surface area contributed by atoms with Gasteiger partial charge in [-0.25, -0.2) is 17.9 Å². The van der Waals surface area contributed by atoms with E-state index < -0.39 is 22.6 Å². The highest BCUT2D eigenvalue weighted by molar-refractivity contribution is 7.89. The Kier molecular flexibility index (Phi) is 6.38. The molecular formula is C23H22N2O6S. The summed E-state index contributed by atoms with van der Waals surface area (Å²) in [5.74, 6) is -0.516. The Bertz CT molecular complexity index is 1200. The molecule has 8 nitrogen and oxygen atoms in total. The molecule has 1 aliphatic heterocycles. The van der Waals surface area contributed by atoms with Crippen molar-refractivity contribution >= 4 is 27.6 Å². The normalized spacial score (nSPS) is 13.4. The molecule has 4 rings (SSSR count). The van der Waals surface area contributed by atoms with Gasteiger partial charge in [-0.3, -0.25) is 4.79 Å². The third kappa shape index (κ3) is 4.90. The number of fused-ring (bicyclic) bond motifs is 1. The number of nitrogens with zero attached hydrogens (tertiary/aromatic N) is 1. The molecule has 2 heterocycles. The van der Waals surface area contributed by atoms with E-state index in [1.165, 1.54) is 30.5 Å². The molecule has 0 saturated carbocycles. The molecule has 0 spiro atoms. The number of nitrogens with one attached hydrogen (secondary N) is 1. The number of hydrogen-bond acceptors (Lipinski definition) is 6. The van der Waals surface area contributed by atoms with Crippen LogP contribution in [0.15, 0.2) is 76.2 Å². The molecule has 0 radical (unpaired) electrons. The van der Waals surface area contributed by atoms with Crippen LogP contribution in [0.3, 0.4) is 0 Å². The summed E-state index contributed by atoms with van der Waals surface area (Å²) in [6.07, 6.45) is 3.21. The lowest BCUT2D eigenvalue weighted by molar-refractivity contribution is -0.121. The highest BCUT2D eigenvalue weighted by Crippen LogP contribution is 2.26. The monoisotopic (exact) mass is 454 g/mol. The maximum Gasteiger partial charge on any atom is 0.338 e. The Balaban J connectivity index is 1.34. The highest BCUT2D eigenvalue weighted by atomic mass is 32.2. The molecule has 0 saturated heterocycles. The third-order valence-corrected chi connectivity index (χ3v) is 6.57. The predicted molar refractivity (Wildman–Crippen MR) is 117 cm³/mol. The van der Waals surface area contributed by atoms with Crippen molar-refractivity contribution in [3.63, 3.8) is 0 Å². The second kappa shape index (κ2) is 9.37. The number of anilines is 1. The zero-order chi connectivity index (χ0) is 22.6. The van der Waals surface area contributed by atoms with Gasteiger partial charge in [-0.15, -0.1) is 0 Å². The summed E-state index contributed by atoms with van der Waals surface area (Å²) in [6.45, 7) is 0.198. The molecule has 1 amide bonds. The first-order valence-corrected chi connectivity index (χ1v) is 11.6. The number of carbonyl (C=O) groups is 2. The molecule has 166 valence electrons. The van der Waals surface area contributed by atoms with Gasteiger partial charge in [0, 0.05) is 12.2 Å². The Labute approximate surface area is 185 Å². The van der Waals surface area contributed by atoms with Crippen LogP contribution in [0.1, 0.15) is 28.1 Å². The summed E-state index contributed by atoms with van der Waals surface area (Å²) >= 11 is 0. The van der Waals surface area contributed by atoms with Gasteiger partial charge in [-0.2, -0.15) is 0 Å². The molecule has 3 aromatic rings. The quantitative estimate of drug-likeness (QED) is 0.551. The van der Waals surface area contributed by atoms with Crippen LogP contribution in [-0.4, -0.2) is 33.4 Å². The number of aryl methyl sites for hydroxylation is 1. The SMILES string of the molecule is O=C(OCC(=O)N1CCCc2ccccc21)c1ccc(S(=O)(=O)NCc2ccco2)cc1. The molecule has 0 fully saturated rings. The average molecular weight is 455 g/mol. The molecule has 2 aromatic carbocycles. The molecule has 1 aromatic heterocycles. The van der Waals surface area contributed by atoms with Gasteiger partial charge in [0.25, 0.3) is 5.91 Å². The van der Waals surface area contributed by atoms with Crippen LogP contribution in [0.2, 0.25) is 0 Å². The number of benzene rings is 2. The lowest BCUT2D eigenvalue weighted by Crippen LogP contribution is -2.38. The summed E-state index contributed by atoms with van der Waals surface area (Å²) < 4.78 is 37.5. The zero-order valence-electron chi connectivity index (χ0n) is 17.2. The van der Waals surface area contributed by atoms with Gasteiger partial charge < -0.3 is 14.1 Å². The van der Waals surface area contributed by atoms with Crippen LogP contribution < -0.4 is 9.62 Å². The summed E-state index contributed by atoms with van der Waals surface area (Å²) in [5, 5.41) is 0. The van der Waals surface area contributed by atoms with Crippen molar-refractivity contribution in [2.45, 2.75) is 24.3 Å². The summed E-state index contributed by atoms with van der Waals surface area (Å²) in [4.78, 5) is 26.6. The second-order valence-corrected chi connectivity index (χ2v) is 9.05. The van der Waals surface area contributed by atoms with E-state index in [0.717, 1.165) is 24.1 Å². The van der Waals surface area contributed by atoms with Crippen molar-refractivity contribution in [3.05, 3.63) is 83.8 Å². The standard InChI is InChI=1S/C23H22N2O6S/c26-22(25-13-3-6-17-5-1-2-8-21(17)25)16-31-23(27)18-9-11-20(12-10-18)32(28,29)24-15-19-7-4-14-30-19/h1-2,4-5,7-12,14,24H,3,6,13,15-16H2. The fourth-order valence-corrected chi connectivity index (χ4v) is 4.51. The molecule has 0 aliphatic carbocycles. The van der Waals surface area contributed by atoms with Crippen LogP contribution >= 0.6 is 0 Å². The van der Waals surface area contributed by atoms with E-state index in [4.69, 9.17) is 9.15 Å². The van der Waals surface area contributed by atoms with Gasteiger partial charge in [-0.05, 0) is 60.9 Å². The van der Waals surface area contributed by atoms with E-state index in [1.807, 2.05) is 24.3 Å². The number of carbonyl (C=O) groups excluding carboxylic acids is 2. The zero-order valence-corrected chi connectivity index (χ0v) is 18.0. The van der Waals surface area contributed by atoms with Gasteiger partial charge in [0.05, 0.1) is 23.3 Å². The minimum atomic E-state index is -3.77. The minimum Gasteiger partial charge on any atom is -0.468 e. The first-order valence-electron chi connectivity index (χ1n) is 10.1. The topological polar surface area (TPSA) is 106 Å². The van der Waals surface area contributed by atoms with Crippen LogP contribution in [0.5, 0.6) is 0 Å². The highest BCUT2D eigenvalue weighted by Gasteiger charge is 2.23. The van der Waals surface area contributed by atoms with Crippen molar-refractivity contribution < 1.29 is 27.2 Å². The van der Waals surface area contributed by atoms with Crippen molar-refractivity contribution in [2.24, 2.45) is 0 Å². The first kappa shape index (κ1) is 21.8. The minimum absolute atomic E-state index is 0.00149. The van der Waals surface area contributed by atoms with E-state index in [1.54, 1.807) is 17.0 Å². The number of furan rings is 1. The van der Waals surface area contributed by atoms with E-state index in [-0.39, 0.29) is 22.9 Å². The lowest BCUT2D eigenvalue weighted by atomic mass is 10.0. The Hall–Kier alpha value is -3.43. The molecule has 0 unspecified atom stereocenters. The number of para-hydroxylation sites is 1. The average Bonchev–Trinajstić information content (AvgIpc) is 3.35.